The Hall–Kier alpha value is -1.60. The van der Waals surface area contributed by atoms with Crippen LogP contribution in [-0.2, 0) is 11.3 Å². The number of carboxylic acids is 1. The number of morpholine rings is 1. The number of carboxylic acid groups (broad SMARTS) is 1. The molecular weight excluding hydrogens is 236 g/mol. The minimum absolute atomic E-state index is 0.00104. The van der Waals surface area contributed by atoms with Gasteiger partial charge in [0.05, 0.1) is 13.2 Å². The van der Waals surface area contributed by atoms with Gasteiger partial charge in [-0.3, -0.25) is 4.90 Å². The van der Waals surface area contributed by atoms with Crippen molar-refractivity contribution in [2.45, 2.75) is 13.0 Å². The first-order valence-corrected chi connectivity index (χ1v) is 6.03. The van der Waals surface area contributed by atoms with Crippen molar-refractivity contribution in [1.82, 2.24) is 14.7 Å². The number of nitrogens with zero attached hydrogens (tertiary/aromatic N) is 3. The van der Waals surface area contributed by atoms with Gasteiger partial charge in [-0.15, -0.1) is 0 Å². The van der Waals surface area contributed by atoms with Crippen LogP contribution in [-0.4, -0.2) is 58.6 Å². The van der Waals surface area contributed by atoms with Gasteiger partial charge >= 0.3 is 5.97 Å². The van der Waals surface area contributed by atoms with E-state index < -0.39 is 5.97 Å². The van der Waals surface area contributed by atoms with Gasteiger partial charge in [-0.05, 0) is 6.42 Å². The molecule has 7 heteroatoms. The maximum Gasteiger partial charge on any atom is 0.356 e. The number of aromatic carboxylic acids is 1. The maximum atomic E-state index is 10.7. The number of rotatable bonds is 5. The first-order chi connectivity index (χ1) is 8.66. The Bertz CT molecular complexity index is 412. The van der Waals surface area contributed by atoms with E-state index >= 15 is 0 Å². The summed E-state index contributed by atoms with van der Waals surface area (Å²) < 4.78 is 6.81. The largest absolute Gasteiger partial charge is 0.476 e. The van der Waals surface area contributed by atoms with Crippen molar-refractivity contribution in [3.63, 3.8) is 0 Å². The molecule has 0 atom stereocenters. The van der Waals surface area contributed by atoms with Crippen LogP contribution in [0.3, 0.4) is 0 Å². The summed E-state index contributed by atoms with van der Waals surface area (Å²) >= 11 is 0. The lowest BCUT2D eigenvalue weighted by atomic mass is 10.3. The van der Waals surface area contributed by atoms with E-state index in [2.05, 4.69) is 10.00 Å². The predicted octanol–water partition coefficient (Wildman–Crippen LogP) is -0.114. The molecule has 0 bridgehead atoms. The molecule has 1 fully saturated rings. The Morgan fingerprint density at radius 3 is 2.78 bits per heavy atom. The summed E-state index contributed by atoms with van der Waals surface area (Å²) in [5.74, 6) is -0.650. The maximum absolute atomic E-state index is 10.7. The number of aryl methyl sites for hydroxylation is 1. The van der Waals surface area contributed by atoms with Crippen molar-refractivity contribution in [2.24, 2.45) is 0 Å². The van der Waals surface area contributed by atoms with Crippen LogP contribution in [0.4, 0.5) is 5.82 Å². The molecule has 0 aromatic carbocycles. The second kappa shape index (κ2) is 5.83. The Morgan fingerprint density at radius 2 is 2.17 bits per heavy atom. The van der Waals surface area contributed by atoms with Gasteiger partial charge in [-0.25, -0.2) is 9.48 Å². The third-order valence-electron chi connectivity index (χ3n) is 2.98. The molecule has 1 aliphatic heterocycles. The van der Waals surface area contributed by atoms with Gasteiger partial charge in [0.15, 0.2) is 5.69 Å². The van der Waals surface area contributed by atoms with E-state index in [4.69, 9.17) is 15.6 Å². The predicted molar refractivity (Wildman–Crippen MR) is 65.5 cm³/mol. The lowest BCUT2D eigenvalue weighted by Gasteiger charge is -2.26. The molecule has 0 aliphatic carbocycles. The molecule has 0 amide bonds. The van der Waals surface area contributed by atoms with E-state index in [0.29, 0.717) is 12.4 Å². The Labute approximate surface area is 105 Å². The summed E-state index contributed by atoms with van der Waals surface area (Å²) in [6, 6.07) is 1.39. The lowest BCUT2D eigenvalue weighted by Crippen LogP contribution is -2.37. The fraction of sp³-hybridized carbons (Fsp3) is 0.636. The highest BCUT2D eigenvalue weighted by Gasteiger charge is 2.12. The molecular formula is C11H18N4O3. The summed E-state index contributed by atoms with van der Waals surface area (Å²) in [5, 5.41) is 12.7. The van der Waals surface area contributed by atoms with Crippen molar-refractivity contribution in [3.8, 4) is 0 Å². The second-order valence-corrected chi connectivity index (χ2v) is 4.29. The highest BCUT2D eigenvalue weighted by molar-refractivity contribution is 5.86. The van der Waals surface area contributed by atoms with E-state index in [1.165, 1.54) is 6.07 Å². The fourth-order valence-electron chi connectivity index (χ4n) is 1.98. The highest BCUT2D eigenvalue weighted by atomic mass is 16.5. The quantitative estimate of drug-likeness (QED) is 0.761. The molecule has 7 nitrogen and oxygen atoms in total. The van der Waals surface area contributed by atoms with Crippen LogP contribution in [0.25, 0.3) is 0 Å². The van der Waals surface area contributed by atoms with E-state index in [1.54, 1.807) is 4.68 Å². The standard InChI is InChI=1S/C11H18N4O3/c12-10-8-9(11(16)17)13-15(10)3-1-2-14-4-6-18-7-5-14/h8H,1-7,12H2,(H,16,17). The number of carbonyl (C=O) groups is 1. The molecule has 1 saturated heterocycles. The molecule has 0 saturated carbocycles. The molecule has 0 spiro atoms. The van der Waals surface area contributed by atoms with Crippen molar-refractivity contribution in [2.75, 3.05) is 38.6 Å². The van der Waals surface area contributed by atoms with Crippen LogP contribution in [0.1, 0.15) is 16.9 Å². The van der Waals surface area contributed by atoms with Crippen molar-refractivity contribution >= 4 is 11.8 Å². The highest BCUT2D eigenvalue weighted by Crippen LogP contribution is 2.08. The summed E-state index contributed by atoms with van der Waals surface area (Å²) in [6.45, 7) is 5.06. The molecule has 3 N–H and O–H groups in total. The van der Waals surface area contributed by atoms with Gasteiger partial charge < -0.3 is 15.6 Å². The summed E-state index contributed by atoms with van der Waals surface area (Å²) in [5.41, 5.74) is 5.70. The molecule has 1 aromatic rings. The molecule has 1 aromatic heterocycles. The van der Waals surface area contributed by atoms with Crippen molar-refractivity contribution in [3.05, 3.63) is 11.8 Å². The third kappa shape index (κ3) is 3.21. The first kappa shape index (κ1) is 12.8. The second-order valence-electron chi connectivity index (χ2n) is 4.29. The number of hydrogen-bond acceptors (Lipinski definition) is 5. The summed E-state index contributed by atoms with van der Waals surface area (Å²) in [7, 11) is 0. The number of anilines is 1. The van der Waals surface area contributed by atoms with Crippen LogP contribution in [0.5, 0.6) is 0 Å². The number of ether oxygens (including phenoxy) is 1. The molecule has 0 unspecified atom stereocenters. The van der Waals surface area contributed by atoms with Crippen molar-refractivity contribution in [1.29, 1.82) is 0 Å². The van der Waals surface area contributed by atoms with Crippen molar-refractivity contribution < 1.29 is 14.6 Å². The normalized spacial score (nSPS) is 16.9. The Morgan fingerprint density at radius 1 is 1.44 bits per heavy atom. The van der Waals surface area contributed by atoms with E-state index in [1.807, 2.05) is 0 Å². The minimum atomic E-state index is -1.05. The van der Waals surface area contributed by atoms with Gasteiger partial charge in [0.25, 0.3) is 0 Å². The van der Waals surface area contributed by atoms with Gasteiger partial charge in [0.2, 0.25) is 0 Å². The van der Waals surface area contributed by atoms with Crippen LogP contribution >= 0.6 is 0 Å². The molecule has 100 valence electrons. The van der Waals surface area contributed by atoms with Crippen LogP contribution in [0.15, 0.2) is 6.07 Å². The van der Waals surface area contributed by atoms with Gasteiger partial charge in [0.1, 0.15) is 5.82 Å². The smallest absolute Gasteiger partial charge is 0.356 e. The van der Waals surface area contributed by atoms with Gasteiger partial charge in [0, 0.05) is 32.2 Å². The fourth-order valence-corrected chi connectivity index (χ4v) is 1.98. The molecule has 2 rings (SSSR count). The monoisotopic (exact) mass is 254 g/mol. The van der Waals surface area contributed by atoms with Gasteiger partial charge in [-0.1, -0.05) is 0 Å². The zero-order chi connectivity index (χ0) is 13.0. The number of nitrogen functional groups attached to an aromatic ring is 1. The first-order valence-electron chi connectivity index (χ1n) is 6.03. The number of nitrogens with two attached hydrogens (primary N) is 1. The molecule has 0 radical (unpaired) electrons. The summed E-state index contributed by atoms with van der Waals surface area (Å²) in [4.78, 5) is 13.1. The average Bonchev–Trinajstić information content (AvgIpc) is 2.73. The molecule has 1 aliphatic rings. The van der Waals surface area contributed by atoms with E-state index in [0.717, 1.165) is 39.3 Å². The third-order valence-corrected chi connectivity index (χ3v) is 2.98. The Kier molecular flexibility index (Phi) is 4.16. The molecule has 2 heterocycles. The van der Waals surface area contributed by atoms with E-state index in [-0.39, 0.29) is 5.69 Å². The minimum Gasteiger partial charge on any atom is -0.476 e. The van der Waals surface area contributed by atoms with Crippen LogP contribution in [0, 0.1) is 0 Å². The number of hydrogen-bond donors (Lipinski definition) is 2. The number of aromatic nitrogens is 2. The SMILES string of the molecule is Nc1cc(C(=O)O)nn1CCCN1CCOCC1. The summed E-state index contributed by atoms with van der Waals surface area (Å²) in [6.07, 6.45) is 0.894. The average molecular weight is 254 g/mol. The Balaban J connectivity index is 1.80. The topological polar surface area (TPSA) is 93.6 Å². The zero-order valence-corrected chi connectivity index (χ0v) is 10.2. The van der Waals surface area contributed by atoms with Crippen LogP contribution in [0.2, 0.25) is 0 Å². The van der Waals surface area contributed by atoms with Gasteiger partial charge in [-0.2, -0.15) is 5.10 Å². The molecule has 18 heavy (non-hydrogen) atoms. The lowest BCUT2D eigenvalue weighted by molar-refractivity contribution is 0.0368. The zero-order valence-electron chi connectivity index (χ0n) is 10.2. The van der Waals surface area contributed by atoms with E-state index in [9.17, 15) is 4.79 Å². The van der Waals surface area contributed by atoms with Crippen LogP contribution < -0.4 is 5.73 Å².